The first kappa shape index (κ1) is 25.8. The highest BCUT2D eigenvalue weighted by Crippen LogP contribution is 2.18. The Kier molecular flexibility index (Phi) is 10.1. The lowest BCUT2D eigenvalue weighted by atomic mass is 10.1. The van der Waals surface area contributed by atoms with Gasteiger partial charge in [0.2, 0.25) is 0 Å². The molecule has 0 unspecified atom stereocenters. The van der Waals surface area contributed by atoms with E-state index in [4.69, 9.17) is 0 Å². The lowest BCUT2D eigenvalue weighted by Gasteiger charge is -2.13. The van der Waals surface area contributed by atoms with Gasteiger partial charge in [0.05, 0.1) is 17.2 Å². The number of nitrogens with one attached hydrogen (secondary N) is 2. The molecule has 0 radical (unpaired) electrons. The molecular formula is C19H24FIN4O4S. The van der Waals surface area contributed by atoms with Gasteiger partial charge in [-0.1, -0.05) is 24.3 Å². The van der Waals surface area contributed by atoms with Crippen LogP contribution in [0.2, 0.25) is 0 Å². The van der Waals surface area contributed by atoms with E-state index in [1.165, 1.54) is 24.3 Å². The number of nitro benzene ring substituents is 1. The van der Waals surface area contributed by atoms with E-state index in [0.717, 1.165) is 6.26 Å². The van der Waals surface area contributed by atoms with Gasteiger partial charge in [-0.15, -0.1) is 24.0 Å². The molecule has 0 aliphatic rings. The Morgan fingerprint density at radius 3 is 2.47 bits per heavy atom. The van der Waals surface area contributed by atoms with Crippen LogP contribution in [0.15, 0.2) is 47.5 Å². The van der Waals surface area contributed by atoms with E-state index >= 15 is 0 Å². The third-order valence-corrected chi connectivity index (χ3v) is 4.81. The molecule has 2 rings (SSSR count). The van der Waals surface area contributed by atoms with Crippen molar-refractivity contribution in [1.29, 1.82) is 0 Å². The Bertz CT molecular complexity index is 1020. The second kappa shape index (κ2) is 11.8. The Balaban J connectivity index is 0.00000450. The largest absolute Gasteiger partial charge is 0.357 e. The summed E-state index contributed by atoms with van der Waals surface area (Å²) in [5.41, 5.74) is 1.42. The maximum Gasteiger partial charge on any atom is 0.274 e. The first-order valence-corrected chi connectivity index (χ1v) is 10.9. The van der Waals surface area contributed by atoms with Crippen molar-refractivity contribution in [3.05, 3.63) is 75.1 Å². The van der Waals surface area contributed by atoms with Crippen molar-refractivity contribution in [2.24, 2.45) is 4.99 Å². The van der Waals surface area contributed by atoms with Crippen molar-refractivity contribution in [2.75, 3.05) is 12.8 Å². The quantitative estimate of drug-likeness (QED) is 0.172. The molecular weight excluding hydrogens is 526 g/mol. The van der Waals surface area contributed by atoms with E-state index in [0.29, 0.717) is 29.2 Å². The molecule has 8 nitrogen and oxygen atoms in total. The van der Waals surface area contributed by atoms with Gasteiger partial charge in [0, 0.05) is 31.0 Å². The number of halogens is 2. The van der Waals surface area contributed by atoms with Crippen LogP contribution in [0.3, 0.4) is 0 Å². The second-order valence-corrected chi connectivity index (χ2v) is 8.56. The minimum absolute atomic E-state index is 0. The number of sulfone groups is 1. The molecule has 0 aliphatic heterocycles. The lowest BCUT2D eigenvalue weighted by molar-refractivity contribution is -0.385. The molecule has 0 atom stereocenters. The van der Waals surface area contributed by atoms with Crippen molar-refractivity contribution in [1.82, 2.24) is 10.6 Å². The van der Waals surface area contributed by atoms with Crippen LogP contribution in [0.4, 0.5) is 10.1 Å². The Morgan fingerprint density at radius 1 is 1.13 bits per heavy atom. The average molecular weight is 550 g/mol. The molecule has 2 aromatic rings. The highest BCUT2D eigenvalue weighted by atomic mass is 127. The number of benzene rings is 2. The Morgan fingerprint density at radius 2 is 1.83 bits per heavy atom. The molecule has 164 valence electrons. The van der Waals surface area contributed by atoms with Gasteiger partial charge in [-0.05, 0) is 30.2 Å². The van der Waals surface area contributed by atoms with Crippen LogP contribution < -0.4 is 10.6 Å². The van der Waals surface area contributed by atoms with Crippen molar-refractivity contribution in [3.8, 4) is 0 Å². The van der Waals surface area contributed by atoms with Crippen LogP contribution in [0.1, 0.15) is 23.6 Å². The summed E-state index contributed by atoms with van der Waals surface area (Å²) in [4.78, 5) is 15.0. The fourth-order valence-corrected chi connectivity index (χ4v) is 3.53. The van der Waals surface area contributed by atoms with Gasteiger partial charge in [0.15, 0.2) is 15.8 Å². The zero-order valence-corrected chi connectivity index (χ0v) is 19.7. The van der Waals surface area contributed by atoms with Crippen LogP contribution in [0.25, 0.3) is 0 Å². The summed E-state index contributed by atoms with van der Waals surface area (Å²) in [7, 11) is -3.29. The number of nitro groups is 1. The zero-order valence-electron chi connectivity index (χ0n) is 16.6. The molecule has 11 heteroatoms. The van der Waals surface area contributed by atoms with Gasteiger partial charge in [0.1, 0.15) is 5.82 Å². The van der Waals surface area contributed by atoms with E-state index in [2.05, 4.69) is 15.6 Å². The van der Waals surface area contributed by atoms with Gasteiger partial charge in [0.25, 0.3) is 5.69 Å². The summed E-state index contributed by atoms with van der Waals surface area (Å²) in [6, 6.07) is 10.3. The van der Waals surface area contributed by atoms with Gasteiger partial charge < -0.3 is 10.6 Å². The van der Waals surface area contributed by atoms with Crippen LogP contribution in [-0.4, -0.2) is 32.1 Å². The van der Waals surface area contributed by atoms with Gasteiger partial charge >= 0.3 is 0 Å². The molecule has 0 spiro atoms. The van der Waals surface area contributed by atoms with E-state index in [-0.39, 0.29) is 48.5 Å². The molecule has 0 amide bonds. The monoisotopic (exact) mass is 550 g/mol. The Hall–Kier alpha value is -2.28. The fraction of sp³-hybridized carbons (Fsp3) is 0.316. The van der Waals surface area contributed by atoms with E-state index < -0.39 is 20.6 Å². The van der Waals surface area contributed by atoms with Crippen molar-refractivity contribution < 1.29 is 17.7 Å². The van der Waals surface area contributed by atoms with Crippen LogP contribution in [-0.2, 0) is 28.7 Å². The summed E-state index contributed by atoms with van der Waals surface area (Å²) in [6.07, 6.45) is 1.11. The smallest absolute Gasteiger partial charge is 0.274 e. The third-order valence-electron chi connectivity index (χ3n) is 3.97. The fourth-order valence-electron chi connectivity index (χ4n) is 2.69. The Labute approximate surface area is 192 Å². The molecule has 2 N–H and O–H groups in total. The van der Waals surface area contributed by atoms with E-state index in [9.17, 15) is 22.9 Å². The number of rotatable bonds is 8. The molecule has 2 aromatic carbocycles. The molecule has 0 bridgehead atoms. The minimum Gasteiger partial charge on any atom is -0.357 e. The van der Waals surface area contributed by atoms with Gasteiger partial charge in [-0.25, -0.2) is 17.8 Å². The highest BCUT2D eigenvalue weighted by Gasteiger charge is 2.13. The maximum atomic E-state index is 13.6. The number of guanidine groups is 1. The summed E-state index contributed by atoms with van der Waals surface area (Å²) >= 11 is 0. The topological polar surface area (TPSA) is 114 Å². The van der Waals surface area contributed by atoms with Crippen LogP contribution in [0, 0.1) is 15.9 Å². The van der Waals surface area contributed by atoms with E-state index in [1.807, 2.05) is 6.92 Å². The number of para-hydroxylation sites is 1. The summed E-state index contributed by atoms with van der Waals surface area (Å²) in [5, 5.41) is 17.2. The second-order valence-electron chi connectivity index (χ2n) is 6.42. The SMILES string of the molecule is CCNC(=NCc1cc(F)ccc1CS(C)(=O)=O)NCc1ccccc1[N+](=O)[O-].I. The lowest BCUT2D eigenvalue weighted by Crippen LogP contribution is -2.37. The number of nitrogens with zero attached hydrogens (tertiary/aromatic N) is 2. The number of aliphatic imine (C=N–C) groups is 1. The average Bonchev–Trinajstić information content (AvgIpc) is 2.65. The molecule has 0 aliphatic carbocycles. The number of hydrogen-bond donors (Lipinski definition) is 2. The third kappa shape index (κ3) is 8.22. The standard InChI is InChI=1S/C19H23FN4O4S.HI/c1-3-21-19(22-11-14-6-4-5-7-18(14)24(25)26)23-12-16-10-17(20)9-8-15(16)13-29(2,27)28;/h4-10H,3,11-13H2,1-2H3,(H2,21,22,23);1H. The predicted molar refractivity (Wildman–Crippen MR) is 125 cm³/mol. The first-order valence-electron chi connectivity index (χ1n) is 8.89. The molecule has 0 saturated carbocycles. The van der Waals surface area contributed by atoms with Gasteiger partial charge in [-0.2, -0.15) is 0 Å². The molecule has 0 aromatic heterocycles. The summed E-state index contributed by atoms with van der Waals surface area (Å²) in [5.74, 6) is -0.316. The highest BCUT2D eigenvalue weighted by molar-refractivity contribution is 14.0. The van der Waals surface area contributed by atoms with Crippen LogP contribution in [0.5, 0.6) is 0 Å². The molecule has 0 saturated heterocycles. The predicted octanol–water partition coefficient (Wildman–Crippen LogP) is 3.15. The minimum atomic E-state index is -3.29. The number of hydrogen-bond acceptors (Lipinski definition) is 5. The molecule has 30 heavy (non-hydrogen) atoms. The zero-order chi connectivity index (χ0) is 21.4. The summed E-state index contributed by atoms with van der Waals surface area (Å²) < 4.78 is 36.9. The normalized spacial score (nSPS) is 11.5. The molecule has 0 heterocycles. The summed E-state index contributed by atoms with van der Waals surface area (Å²) in [6.45, 7) is 2.62. The van der Waals surface area contributed by atoms with Crippen LogP contribution >= 0.6 is 24.0 Å². The van der Waals surface area contributed by atoms with Crippen molar-refractivity contribution in [2.45, 2.75) is 25.8 Å². The van der Waals surface area contributed by atoms with Crippen molar-refractivity contribution >= 4 is 45.5 Å². The maximum absolute atomic E-state index is 13.6. The van der Waals surface area contributed by atoms with E-state index in [1.54, 1.807) is 18.2 Å². The van der Waals surface area contributed by atoms with Gasteiger partial charge in [-0.3, -0.25) is 10.1 Å². The first-order chi connectivity index (χ1) is 13.7. The molecule has 0 fully saturated rings. The van der Waals surface area contributed by atoms with Crippen molar-refractivity contribution in [3.63, 3.8) is 0 Å².